The number of carbonyl (C=O) groups excluding carboxylic acids is 1. The lowest BCUT2D eigenvalue weighted by atomic mass is 9.90. The van der Waals surface area contributed by atoms with Crippen molar-refractivity contribution in [2.24, 2.45) is 7.05 Å². The van der Waals surface area contributed by atoms with Gasteiger partial charge < -0.3 is 24.0 Å². The zero-order chi connectivity index (χ0) is 34.7. The molecule has 2 aromatic carbocycles. The van der Waals surface area contributed by atoms with Gasteiger partial charge in [0.1, 0.15) is 35.5 Å². The van der Waals surface area contributed by atoms with Gasteiger partial charge in [-0.05, 0) is 69.0 Å². The first-order chi connectivity index (χ1) is 23.5. The molecule has 7 rings (SSSR count). The molecular weight excluding hydrogens is 630 g/mol. The Morgan fingerprint density at radius 1 is 1.10 bits per heavy atom. The molecule has 10 nitrogen and oxygen atoms in total. The zero-order valence-corrected chi connectivity index (χ0v) is 28.1. The molecular formula is C37H38F2N6O4. The Morgan fingerprint density at radius 3 is 2.65 bits per heavy atom. The van der Waals surface area contributed by atoms with E-state index in [1.807, 2.05) is 61.3 Å². The van der Waals surface area contributed by atoms with Gasteiger partial charge in [-0.15, -0.1) is 0 Å². The number of aryl methyl sites for hydroxylation is 2. The van der Waals surface area contributed by atoms with Crippen molar-refractivity contribution in [1.82, 2.24) is 29.2 Å². The van der Waals surface area contributed by atoms with Crippen LogP contribution in [-0.2, 0) is 23.0 Å². The fraction of sp³-hybridized carbons (Fsp3) is 0.351. The number of aliphatic hydroxyl groups excluding tert-OH is 1. The molecule has 4 heterocycles. The number of imidazole rings is 1. The minimum atomic E-state index is -0.960. The molecule has 2 aliphatic rings. The van der Waals surface area contributed by atoms with E-state index in [2.05, 4.69) is 6.58 Å². The number of fused-ring (bicyclic) bond motifs is 3. The van der Waals surface area contributed by atoms with Crippen LogP contribution in [0.2, 0.25) is 0 Å². The van der Waals surface area contributed by atoms with Gasteiger partial charge in [0, 0.05) is 44.0 Å². The zero-order valence-electron chi connectivity index (χ0n) is 28.1. The number of carbonyl (C=O) groups is 1. The molecule has 0 fully saturated rings. The summed E-state index contributed by atoms with van der Waals surface area (Å²) in [5.41, 5.74) is 6.18. The molecule has 0 radical (unpaired) electrons. The number of rotatable bonds is 8. The summed E-state index contributed by atoms with van der Waals surface area (Å²) < 4.78 is 45.9. The fourth-order valence-corrected chi connectivity index (χ4v) is 7.24. The second-order valence-electron chi connectivity index (χ2n) is 12.8. The number of hydrogen-bond donors (Lipinski definition) is 1. The van der Waals surface area contributed by atoms with Gasteiger partial charge in [0.25, 0.3) is 0 Å². The average molecular weight is 669 g/mol. The third kappa shape index (κ3) is 5.39. The van der Waals surface area contributed by atoms with Crippen molar-refractivity contribution in [3.63, 3.8) is 0 Å². The van der Waals surface area contributed by atoms with Crippen molar-refractivity contribution < 1.29 is 28.2 Å². The lowest BCUT2D eigenvalue weighted by Crippen LogP contribution is -2.42. The van der Waals surface area contributed by atoms with Gasteiger partial charge >= 0.3 is 0 Å². The number of amides is 1. The molecule has 1 aliphatic heterocycles. The topological polar surface area (TPSA) is 108 Å². The van der Waals surface area contributed by atoms with E-state index in [0.29, 0.717) is 47.6 Å². The van der Waals surface area contributed by atoms with Crippen molar-refractivity contribution in [3.05, 3.63) is 83.3 Å². The summed E-state index contributed by atoms with van der Waals surface area (Å²) in [6.45, 7) is 10.1. The Balaban J connectivity index is 1.53. The van der Waals surface area contributed by atoms with Gasteiger partial charge in [0.2, 0.25) is 5.91 Å². The molecule has 12 heteroatoms. The van der Waals surface area contributed by atoms with Crippen LogP contribution in [0.15, 0.2) is 49.1 Å². The van der Waals surface area contributed by atoms with Gasteiger partial charge in [-0.25, -0.2) is 18.7 Å². The lowest BCUT2D eigenvalue weighted by Gasteiger charge is -2.36. The van der Waals surface area contributed by atoms with Crippen molar-refractivity contribution >= 4 is 16.9 Å². The van der Waals surface area contributed by atoms with Crippen LogP contribution in [0.1, 0.15) is 61.1 Å². The maximum atomic E-state index is 16.2. The molecule has 0 unspecified atom stereocenters. The maximum Gasteiger partial charge on any atom is 0.246 e. The van der Waals surface area contributed by atoms with E-state index in [1.54, 1.807) is 4.90 Å². The fourth-order valence-electron chi connectivity index (χ4n) is 7.24. The third-order valence-electron chi connectivity index (χ3n) is 9.77. The molecule has 5 aromatic rings. The smallest absolute Gasteiger partial charge is 0.246 e. The Kier molecular flexibility index (Phi) is 8.32. The highest BCUT2D eigenvalue weighted by Crippen LogP contribution is 2.50. The van der Waals surface area contributed by atoms with E-state index < -0.39 is 17.7 Å². The molecule has 3 atom stereocenters. The second-order valence-corrected chi connectivity index (χ2v) is 12.8. The number of aliphatic hydroxyl groups is 1. The van der Waals surface area contributed by atoms with Crippen LogP contribution < -0.4 is 4.74 Å². The average Bonchev–Trinajstić information content (AvgIpc) is 3.77. The molecule has 3 aromatic heterocycles. The number of pyridine rings is 1. The van der Waals surface area contributed by atoms with Crippen molar-refractivity contribution in [2.75, 3.05) is 26.9 Å². The minimum absolute atomic E-state index is 0.0184. The van der Waals surface area contributed by atoms with Gasteiger partial charge in [-0.1, -0.05) is 12.6 Å². The van der Waals surface area contributed by atoms with E-state index in [1.165, 1.54) is 13.2 Å². The van der Waals surface area contributed by atoms with Crippen LogP contribution in [0.5, 0.6) is 5.75 Å². The van der Waals surface area contributed by atoms with Crippen LogP contribution in [-0.4, -0.2) is 67.1 Å². The predicted octanol–water partition coefficient (Wildman–Crippen LogP) is 6.41. The Hall–Kier alpha value is -4.94. The SMILES string of the molecule is C=CC(=O)N1C[C@H](C)n2nc(-c3nc(-c4ccc5c(c4)nc(C)n5C)c4c(c3-c3c(F)cc(F)cc3OCCOC)[C@H](O)CC4)cc2[C@H]1C. The largest absolute Gasteiger partial charge is 0.490 e. The molecule has 49 heavy (non-hydrogen) atoms. The molecule has 0 bridgehead atoms. The Labute approximate surface area is 282 Å². The van der Waals surface area contributed by atoms with Crippen molar-refractivity contribution in [2.45, 2.75) is 51.8 Å². The molecule has 1 amide bonds. The van der Waals surface area contributed by atoms with Gasteiger partial charge in [0.05, 0.1) is 58.5 Å². The van der Waals surface area contributed by atoms with Gasteiger partial charge in [0.15, 0.2) is 0 Å². The van der Waals surface area contributed by atoms with Crippen LogP contribution >= 0.6 is 0 Å². The summed E-state index contributed by atoms with van der Waals surface area (Å²) in [4.78, 5) is 24.5. The first-order valence-corrected chi connectivity index (χ1v) is 16.3. The standard InChI is InChI=1S/C37H38F2N6O4/c1-7-32(47)44-18-19(2)45-29(20(44)3)17-27(42-45)37-35(34-25(39)15-23(38)16-31(34)49-13-12-48-6)33-24(9-11-30(33)46)36(41-37)22-8-10-28-26(14-22)40-21(4)43(28)5/h7-8,10,14-17,19-20,30,46H,1,9,11-13,18H2,2-6H3/t19-,20+,30+/m0/s1. The quantitative estimate of drug-likeness (QED) is 0.151. The van der Waals surface area contributed by atoms with Gasteiger partial charge in [-0.3, -0.25) is 9.48 Å². The summed E-state index contributed by atoms with van der Waals surface area (Å²) in [5, 5.41) is 16.6. The monoisotopic (exact) mass is 668 g/mol. The predicted molar refractivity (Wildman–Crippen MR) is 181 cm³/mol. The molecule has 0 spiro atoms. The van der Waals surface area contributed by atoms with E-state index in [-0.39, 0.29) is 42.5 Å². The van der Waals surface area contributed by atoms with Crippen LogP contribution in [0, 0.1) is 18.6 Å². The second kappa shape index (κ2) is 12.5. The minimum Gasteiger partial charge on any atom is -0.490 e. The van der Waals surface area contributed by atoms with Gasteiger partial charge in [-0.2, -0.15) is 5.10 Å². The Morgan fingerprint density at radius 2 is 1.90 bits per heavy atom. The summed E-state index contributed by atoms with van der Waals surface area (Å²) in [6, 6.07) is 9.21. The molecule has 0 saturated heterocycles. The van der Waals surface area contributed by atoms with Crippen molar-refractivity contribution in [1.29, 1.82) is 0 Å². The summed E-state index contributed by atoms with van der Waals surface area (Å²) in [6.07, 6.45) is 1.21. The summed E-state index contributed by atoms with van der Waals surface area (Å²) >= 11 is 0. The third-order valence-corrected chi connectivity index (χ3v) is 9.77. The Bertz CT molecular complexity index is 2140. The van der Waals surface area contributed by atoms with Crippen LogP contribution in [0.4, 0.5) is 8.78 Å². The van der Waals surface area contributed by atoms with E-state index >= 15 is 4.39 Å². The summed E-state index contributed by atoms with van der Waals surface area (Å²) in [7, 11) is 3.47. The van der Waals surface area contributed by atoms with E-state index in [4.69, 9.17) is 24.5 Å². The maximum absolute atomic E-state index is 16.2. The molecule has 1 N–H and O–H groups in total. The number of halogens is 2. The molecule has 1 aliphatic carbocycles. The first kappa shape index (κ1) is 32.6. The van der Waals surface area contributed by atoms with E-state index in [0.717, 1.165) is 45.8 Å². The summed E-state index contributed by atoms with van der Waals surface area (Å²) in [5.74, 6) is -1.03. The number of benzene rings is 2. The highest BCUT2D eigenvalue weighted by atomic mass is 19.1. The number of methoxy groups -OCH3 is 1. The van der Waals surface area contributed by atoms with E-state index in [9.17, 15) is 14.3 Å². The van der Waals surface area contributed by atoms with Crippen LogP contribution in [0.25, 0.3) is 44.8 Å². The van der Waals surface area contributed by atoms with Crippen molar-refractivity contribution in [3.8, 4) is 39.5 Å². The normalized spacial score (nSPS) is 18.5. The number of nitrogens with zero attached hydrogens (tertiary/aromatic N) is 6. The molecule has 0 saturated carbocycles. The highest BCUT2D eigenvalue weighted by Gasteiger charge is 2.37. The number of hydrogen-bond acceptors (Lipinski definition) is 7. The lowest BCUT2D eigenvalue weighted by molar-refractivity contribution is -0.129. The number of ether oxygens (including phenoxy) is 2. The first-order valence-electron chi connectivity index (χ1n) is 16.3. The van der Waals surface area contributed by atoms with Crippen LogP contribution in [0.3, 0.4) is 0 Å². The molecule has 254 valence electrons. The number of aromatic nitrogens is 5. The highest BCUT2D eigenvalue weighted by molar-refractivity contribution is 5.91.